The van der Waals surface area contributed by atoms with Crippen LogP contribution in [0.1, 0.15) is 17.7 Å². The smallest absolute Gasteiger partial charge is 0.220 e. The standard InChI is InChI=1S/C16H20N4O2S/c21-15(4-3-13-2-1-9-23-13)19-11-16(22)5-8-20(12-16)14-10-17-6-7-18-14/h1-2,6-7,9-10,22H,3-5,8,11-12H2,(H,19,21). The van der Waals surface area contributed by atoms with Crippen molar-refractivity contribution in [3.63, 3.8) is 0 Å². The lowest BCUT2D eigenvalue weighted by Gasteiger charge is -2.24. The maximum atomic E-state index is 11.9. The second kappa shape index (κ2) is 7.06. The fraction of sp³-hybridized carbons (Fsp3) is 0.438. The Bertz CT molecular complexity index is 635. The summed E-state index contributed by atoms with van der Waals surface area (Å²) in [5.41, 5.74) is -0.907. The van der Waals surface area contributed by atoms with Crippen molar-refractivity contribution in [3.05, 3.63) is 41.0 Å². The molecule has 0 radical (unpaired) electrons. The Kier molecular flexibility index (Phi) is 4.88. The lowest BCUT2D eigenvalue weighted by atomic mass is 10.0. The van der Waals surface area contributed by atoms with E-state index in [0.29, 0.717) is 25.9 Å². The fourth-order valence-electron chi connectivity index (χ4n) is 2.69. The van der Waals surface area contributed by atoms with E-state index in [9.17, 15) is 9.90 Å². The van der Waals surface area contributed by atoms with E-state index in [-0.39, 0.29) is 12.5 Å². The summed E-state index contributed by atoms with van der Waals surface area (Å²) in [6, 6.07) is 4.02. The number of carbonyl (C=O) groups is 1. The molecule has 0 aliphatic carbocycles. The number of hydrogen-bond acceptors (Lipinski definition) is 6. The van der Waals surface area contributed by atoms with Gasteiger partial charge >= 0.3 is 0 Å². The van der Waals surface area contributed by atoms with Gasteiger partial charge in [-0.25, -0.2) is 4.98 Å². The highest BCUT2D eigenvalue weighted by molar-refractivity contribution is 7.09. The van der Waals surface area contributed by atoms with Gasteiger partial charge in [0.1, 0.15) is 11.4 Å². The van der Waals surface area contributed by atoms with Gasteiger partial charge in [-0.1, -0.05) is 6.07 Å². The maximum Gasteiger partial charge on any atom is 0.220 e. The summed E-state index contributed by atoms with van der Waals surface area (Å²) in [7, 11) is 0. The van der Waals surface area contributed by atoms with Gasteiger partial charge in [0.2, 0.25) is 5.91 Å². The van der Waals surface area contributed by atoms with Crippen molar-refractivity contribution in [2.45, 2.75) is 24.9 Å². The molecule has 0 bridgehead atoms. The molecule has 3 rings (SSSR count). The van der Waals surface area contributed by atoms with E-state index in [4.69, 9.17) is 0 Å². The maximum absolute atomic E-state index is 11.9. The highest BCUT2D eigenvalue weighted by Crippen LogP contribution is 2.24. The number of thiophene rings is 1. The Balaban J connectivity index is 1.45. The van der Waals surface area contributed by atoms with Crippen LogP contribution in [0, 0.1) is 0 Å². The Hall–Kier alpha value is -1.99. The molecule has 1 unspecified atom stereocenters. The lowest BCUT2D eigenvalue weighted by molar-refractivity contribution is -0.122. The Morgan fingerprint density at radius 3 is 3.13 bits per heavy atom. The van der Waals surface area contributed by atoms with Crippen LogP contribution >= 0.6 is 11.3 Å². The van der Waals surface area contributed by atoms with E-state index in [2.05, 4.69) is 15.3 Å². The molecule has 1 amide bonds. The molecular formula is C16H20N4O2S. The predicted molar refractivity (Wildman–Crippen MR) is 89.5 cm³/mol. The zero-order valence-electron chi connectivity index (χ0n) is 12.8. The van der Waals surface area contributed by atoms with Gasteiger partial charge in [-0.3, -0.25) is 9.78 Å². The van der Waals surface area contributed by atoms with Gasteiger partial charge in [-0.15, -0.1) is 11.3 Å². The van der Waals surface area contributed by atoms with Gasteiger partial charge < -0.3 is 15.3 Å². The topological polar surface area (TPSA) is 78.4 Å². The van der Waals surface area contributed by atoms with Crippen LogP contribution in [0.5, 0.6) is 0 Å². The highest BCUT2D eigenvalue weighted by atomic mass is 32.1. The average molecular weight is 332 g/mol. The molecule has 1 fully saturated rings. The quantitative estimate of drug-likeness (QED) is 0.832. The molecule has 7 heteroatoms. The van der Waals surface area contributed by atoms with Crippen molar-refractivity contribution in [1.82, 2.24) is 15.3 Å². The molecule has 0 spiro atoms. The number of aryl methyl sites for hydroxylation is 1. The number of nitrogens with one attached hydrogen (secondary N) is 1. The van der Waals surface area contributed by atoms with Gasteiger partial charge in [-0.2, -0.15) is 0 Å². The summed E-state index contributed by atoms with van der Waals surface area (Å²) >= 11 is 1.66. The van der Waals surface area contributed by atoms with Gasteiger partial charge in [0.25, 0.3) is 0 Å². The number of aromatic nitrogens is 2. The SMILES string of the molecule is O=C(CCc1cccs1)NCC1(O)CCN(c2cnccn2)C1. The number of carbonyl (C=O) groups excluding carboxylic acids is 1. The Morgan fingerprint density at radius 1 is 1.48 bits per heavy atom. The minimum atomic E-state index is -0.907. The van der Waals surface area contributed by atoms with Crippen molar-refractivity contribution in [2.75, 3.05) is 24.5 Å². The molecule has 0 aromatic carbocycles. The fourth-order valence-corrected chi connectivity index (χ4v) is 3.40. The molecule has 1 aliphatic rings. The van der Waals surface area contributed by atoms with E-state index in [1.165, 1.54) is 4.88 Å². The number of aliphatic hydroxyl groups is 1. The van der Waals surface area contributed by atoms with Crippen LogP contribution in [0.3, 0.4) is 0 Å². The third kappa shape index (κ3) is 4.27. The molecule has 2 aromatic rings. The number of nitrogens with zero attached hydrogens (tertiary/aromatic N) is 3. The average Bonchev–Trinajstić information content (AvgIpc) is 3.22. The van der Waals surface area contributed by atoms with E-state index >= 15 is 0 Å². The summed E-state index contributed by atoms with van der Waals surface area (Å²) in [4.78, 5) is 23.4. The highest BCUT2D eigenvalue weighted by Gasteiger charge is 2.36. The van der Waals surface area contributed by atoms with Gasteiger partial charge in [0.15, 0.2) is 0 Å². The van der Waals surface area contributed by atoms with E-state index < -0.39 is 5.60 Å². The minimum absolute atomic E-state index is 0.0234. The summed E-state index contributed by atoms with van der Waals surface area (Å²) in [5, 5.41) is 15.5. The third-order valence-electron chi connectivity index (χ3n) is 4.00. The number of hydrogen-bond donors (Lipinski definition) is 2. The predicted octanol–water partition coefficient (Wildman–Crippen LogP) is 1.23. The number of amides is 1. The molecule has 23 heavy (non-hydrogen) atoms. The third-order valence-corrected chi connectivity index (χ3v) is 4.94. The molecule has 6 nitrogen and oxygen atoms in total. The zero-order valence-corrected chi connectivity index (χ0v) is 13.6. The molecule has 1 saturated heterocycles. The molecule has 122 valence electrons. The molecular weight excluding hydrogens is 312 g/mol. The first-order valence-electron chi connectivity index (χ1n) is 7.67. The first-order valence-corrected chi connectivity index (χ1v) is 8.55. The van der Waals surface area contributed by atoms with Crippen LogP contribution in [0.15, 0.2) is 36.1 Å². The van der Waals surface area contributed by atoms with Crippen molar-refractivity contribution < 1.29 is 9.90 Å². The van der Waals surface area contributed by atoms with Crippen LogP contribution in [0.25, 0.3) is 0 Å². The Morgan fingerprint density at radius 2 is 2.39 bits per heavy atom. The zero-order chi connectivity index (χ0) is 16.1. The van der Waals surface area contributed by atoms with Gasteiger partial charge in [0, 0.05) is 43.3 Å². The number of rotatable bonds is 6. The van der Waals surface area contributed by atoms with E-state index in [0.717, 1.165) is 12.2 Å². The number of anilines is 1. The van der Waals surface area contributed by atoms with Gasteiger partial charge in [-0.05, 0) is 24.3 Å². The van der Waals surface area contributed by atoms with E-state index in [1.54, 1.807) is 29.9 Å². The molecule has 1 aliphatic heterocycles. The van der Waals surface area contributed by atoms with Crippen LogP contribution in [0.4, 0.5) is 5.82 Å². The lowest BCUT2D eigenvalue weighted by Crippen LogP contribution is -2.45. The summed E-state index contributed by atoms with van der Waals surface area (Å²) < 4.78 is 0. The molecule has 3 heterocycles. The summed E-state index contributed by atoms with van der Waals surface area (Å²) in [6.45, 7) is 1.43. The molecule has 2 aromatic heterocycles. The number of β-amino-alcohol motifs (C(OH)–C–C–N with tert-alkyl or cyclic N) is 1. The van der Waals surface area contributed by atoms with Crippen molar-refractivity contribution in [1.29, 1.82) is 0 Å². The van der Waals surface area contributed by atoms with E-state index in [1.807, 2.05) is 22.4 Å². The van der Waals surface area contributed by atoms with Crippen LogP contribution in [-0.2, 0) is 11.2 Å². The van der Waals surface area contributed by atoms with Crippen LogP contribution in [-0.4, -0.2) is 46.2 Å². The second-order valence-electron chi connectivity index (χ2n) is 5.82. The van der Waals surface area contributed by atoms with Crippen molar-refractivity contribution >= 4 is 23.1 Å². The molecule has 2 N–H and O–H groups in total. The Labute approximate surface area is 139 Å². The molecule has 0 saturated carbocycles. The monoisotopic (exact) mass is 332 g/mol. The first kappa shape index (κ1) is 15.9. The summed E-state index contributed by atoms with van der Waals surface area (Å²) in [5.74, 6) is 0.734. The van der Waals surface area contributed by atoms with Gasteiger partial charge in [0.05, 0.1) is 6.20 Å². The summed E-state index contributed by atoms with van der Waals surface area (Å²) in [6.07, 6.45) is 6.75. The van der Waals surface area contributed by atoms with Crippen molar-refractivity contribution in [2.24, 2.45) is 0 Å². The molecule has 1 atom stereocenters. The normalized spacial score (nSPS) is 20.7. The van der Waals surface area contributed by atoms with Crippen molar-refractivity contribution in [3.8, 4) is 0 Å². The van der Waals surface area contributed by atoms with Crippen LogP contribution < -0.4 is 10.2 Å². The second-order valence-corrected chi connectivity index (χ2v) is 6.85. The minimum Gasteiger partial charge on any atom is -0.386 e. The first-order chi connectivity index (χ1) is 11.1. The largest absolute Gasteiger partial charge is 0.386 e. The van der Waals surface area contributed by atoms with Crippen LogP contribution in [0.2, 0.25) is 0 Å².